The van der Waals surface area contributed by atoms with E-state index >= 15 is 0 Å². The van der Waals surface area contributed by atoms with Crippen LogP contribution < -0.4 is 10.5 Å². The number of halogens is 3. The van der Waals surface area contributed by atoms with Gasteiger partial charge < -0.3 is 15.4 Å². The lowest BCUT2D eigenvalue weighted by Crippen LogP contribution is -2.57. The highest BCUT2D eigenvalue weighted by Crippen LogP contribution is 2.50. The molecule has 4 heterocycles. The first-order valence-electron chi connectivity index (χ1n) is 16.2. The summed E-state index contributed by atoms with van der Waals surface area (Å²) in [5.41, 5.74) is 7.60. The maximum absolute atomic E-state index is 14.5. The Labute approximate surface area is 283 Å². The molecule has 1 saturated carbocycles. The summed E-state index contributed by atoms with van der Waals surface area (Å²) >= 11 is 6.27. The van der Waals surface area contributed by atoms with Crippen LogP contribution in [0.2, 0.25) is 5.02 Å². The highest BCUT2D eigenvalue weighted by molar-refractivity contribution is 6.31. The van der Waals surface area contributed by atoms with Gasteiger partial charge in [0.1, 0.15) is 5.75 Å². The average Bonchev–Trinajstić information content (AvgIpc) is 3.62. The molecule has 254 valence electrons. The topological polar surface area (TPSA) is 132 Å². The van der Waals surface area contributed by atoms with E-state index in [0.29, 0.717) is 54.0 Å². The van der Waals surface area contributed by atoms with Crippen LogP contribution in [-0.4, -0.2) is 80.7 Å². The fraction of sp³-hybridized carbons (Fsp3) is 0.486. The van der Waals surface area contributed by atoms with Crippen molar-refractivity contribution in [3.05, 3.63) is 70.3 Å². The van der Waals surface area contributed by atoms with Gasteiger partial charge in [0.25, 0.3) is 5.91 Å². The van der Waals surface area contributed by atoms with E-state index in [1.807, 2.05) is 28.9 Å². The molecule has 1 aliphatic carbocycles. The maximum atomic E-state index is 14.5. The second kappa shape index (κ2) is 13.1. The highest BCUT2D eigenvalue weighted by atomic mass is 35.5. The first-order valence-corrected chi connectivity index (χ1v) is 16.6. The maximum Gasteiger partial charge on any atom is 0.319 e. The Morgan fingerprint density at radius 2 is 1.56 bits per heavy atom. The van der Waals surface area contributed by atoms with Crippen molar-refractivity contribution in [3.63, 3.8) is 0 Å². The number of hydrogen-bond donors (Lipinski definition) is 1. The predicted molar refractivity (Wildman–Crippen MR) is 174 cm³/mol. The summed E-state index contributed by atoms with van der Waals surface area (Å²) in [6, 6.07) is 7.74. The van der Waals surface area contributed by atoms with E-state index in [-0.39, 0.29) is 42.8 Å². The van der Waals surface area contributed by atoms with Gasteiger partial charge in [0.05, 0.1) is 22.4 Å². The molecule has 3 atom stereocenters. The van der Waals surface area contributed by atoms with Crippen molar-refractivity contribution in [2.75, 3.05) is 26.2 Å². The third-order valence-electron chi connectivity index (χ3n) is 10.3. The zero-order chi connectivity index (χ0) is 34.4. The summed E-state index contributed by atoms with van der Waals surface area (Å²) in [5, 5.41) is 0.409. The number of amides is 2. The fourth-order valence-corrected chi connectivity index (χ4v) is 7.88. The predicted octanol–water partition coefficient (Wildman–Crippen LogP) is 5.17. The molecule has 2 N–H and O–H groups in total. The standard InChI is InChI=1S/C35H39ClF2N6O4/c1-20-4-5-26(14-27(20)36)48-33(47)34(8-10-35(37,38)11-9-34)28(15-29(39)45)43-16-24-18-44(19-25(24)17-43)32(46)30-21(2)41-31(42-22(30)3)23-6-12-40-13-7-23/h4-7,12-14,24-25,28H,8-11,15-19H2,1-3H3,(H2,39,45). The number of alkyl halides is 2. The number of benzene rings is 1. The van der Waals surface area contributed by atoms with Gasteiger partial charge in [-0.3, -0.25) is 24.3 Å². The van der Waals surface area contributed by atoms with E-state index in [9.17, 15) is 23.2 Å². The number of likely N-dealkylation sites (tertiary alicyclic amines) is 2. The van der Waals surface area contributed by atoms with Crippen molar-refractivity contribution in [2.45, 2.75) is 64.8 Å². The molecule has 0 spiro atoms. The Morgan fingerprint density at radius 3 is 2.12 bits per heavy atom. The van der Waals surface area contributed by atoms with Crippen LogP contribution in [0.25, 0.3) is 11.4 Å². The molecule has 0 bridgehead atoms. The minimum atomic E-state index is -2.92. The SMILES string of the molecule is Cc1ccc(OC(=O)C2(C(CC(N)=O)N3CC4CN(C(=O)c5c(C)nc(-c6ccncc6)nc5C)CC4C3)CCC(F)(F)CC2)cc1Cl. The molecule has 3 unspecified atom stereocenters. The second-order valence-electron chi connectivity index (χ2n) is 13.5. The van der Waals surface area contributed by atoms with Gasteiger partial charge >= 0.3 is 5.97 Å². The summed E-state index contributed by atoms with van der Waals surface area (Å²) in [6.07, 6.45) is 1.83. The lowest BCUT2D eigenvalue weighted by molar-refractivity contribution is -0.162. The zero-order valence-corrected chi connectivity index (χ0v) is 28.0. The molecule has 2 saturated heterocycles. The molecule has 3 fully saturated rings. The number of carbonyl (C=O) groups is 3. The van der Waals surface area contributed by atoms with Crippen molar-refractivity contribution >= 4 is 29.4 Å². The van der Waals surface area contributed by atoms with Crippen LogP contribution in [0, 0.1) is 38.0 Å². The van der Waals surface area contributed by atoms with Crippen LogP contribution in [0.4, 0.5) is 8.78 Å². The molecule has 13 heteroatoms. The van der Waals surface area contributed by atoms with Crippen molar-refractivity contribution in [1.29, 1.82) is 0 Å². The van der Waals surface area contributed by atoms with Crippen molar-refractivity contribution < 1.29 is 27.9 Å². The summed E-state index contributed by atoms with van der Waals surface area (Å²) in [6.45, 7) is 7.30. The number of ether oxygens (including phenoxy) is 1. The number of pyridine rings is 1. The molecule has 6 rings (SSSR count). The summed E-state index contributed by atoms with van der Waals surface area (Å²) in [4.78, 5) is 57.5. The Kier molecular flexibility index (Phi) is 9.25. The number of carbonyl (C=O) groups excluding carboxylic acids is 3. The van der Waals surface area contributed by atoms with Crippen molar-refractivity contribution in [2.24, 2.45) is 23.0 Å². The fourth-order valence-electron chi connectivity index (χ4n) is 7.71. The average molecular weight is 681 g/mol. The number of rotatable bonds is 8. The van der Waals surface area contributed by atoms with Gasteiger partial charge in [-0.05, 0) is 75.3 Å². The monoisotopic (exact) mass is 680 g/mol. The summed E-state index contributed by atoms with van der Waals surface area (Å²) in [7, 11) is 0. The number of aromatic nitrogens is 3. The Morgan fingerprint density at radius 1 is 0.958 bits per heavy atom. The van der Waals surface area contributed by atoms with Crippen molar-refractivity contribution in [3.8, 4) is 17.1 Å². The van der Waals surface area contributed by atoms with Crippen LogP contribution in [0.15, 0.2) is 42.7 Å². The van der Waals surface area contributed by atoms with E-state index in [0.717, 1.165) is 11.1 Å². The van der Waals surface area contributed by atoms with E-state index in [4.69, 9.17) is 22.1 Å². The van der Waals surface area contributed by atoms with Crippen LogP contribution in [-0.2, 0) is 9.59 Å². The lowest BCUT2D eigenvalue weighted by atomic mass is 9.66. The number of primary amides is 1. The van der Waals surface area contributed by atoms with Crippen LogP contribution in [0.3, 0.4) is 0 Å². The molecule has 10 nitrogen and oxygen atoms in total. The number of esters is 1. The molecule has 48 heavy (non-hydrogen) atoms. The normalized spacial score (nSPS) is 22.2. The molecule has 2 amide bonds. The molecule has 2 aliphatic heterocycles. The minimum absolute atomic E-state index is 0.0518. The highest BCUT2D eigenvalue weighted by Gasteiger charge is 2.57. The molecule has 1 aromatic carbocycles. The third-order valence-corrected chi connectivity index (χ3v) is 10.7. The number of hydrogen-bond acceptors (Lipinski definition) is 8. The van der Waals surface area contributed by atoms with E-state index in [2.05, 4.69) is 15.0 Å². The Hall–Kier alpha value is -4.03. The van der Waals surface area contributed by atoms with Gasteiger partial charge in [-0.15, -0.1) is 0 Å². The van der Waals surface area contributed by atoms with Crippen LogP contribution in [0.5, 0.6) is 5.75 Å². The largest absolute Gasteiger partial charge is 0.426 e. The minimum Gasteiger partial charge on any atom is -0.426 e. The molecule has 3 aromatic rings. The third kappa shape index (κ3) is 6.64. The van der Waals surface area contributed by atoms with Gasteiger partial charge in [0.15, 0.2) is 5.82 Å². The molecule has 3 aliphatic rings. The number of nitrogens with zero attached hydrogens (tertiary/aromatic N) is 5. The van der Waals surface area contributed by atoms with E-state index in [1.165, 1.54) is 6.07 Å². The lowest BCUT2D eigenvalue weighted by Gasteiger charge is -2.46. The van der Waals surface area contributed by atoms with Gasteiger partial charge in [-0.25, -0.2) is 18.7 Å². The van der Waals surface area contributed by atoms with Crippen LogP contribution >= 0.6 is 11.6 Å². The smallest absolute Gasteiger partial charge is 0.319 e. The summed E-state index contributed by atoms with van der Waals surface area (Å²) < 4.78 is 34.9. The first kappa shape index (κ1) is 33.9. The first-order chi connectivity index (χ1) is 22.8. The molecular formula is C35H39ClF2N6O4. The van der Waals surface area contributed by atoms with E-state index < -0.39 is 42.1 Å². The Balaban J connectivity index is 1.21. The number of aryl methyl sites for hydroxylation is 3. The van der Waals surface area contributed by atoms with Crippen LogP contribution in [0.1, 0.15) is 59.4 Å². The zero-order valence-electron chi connectivity index (χ0n) is 27.2. The number of nitrogens with two attached hydrogens (primary N) is 1. The van der Waals surface area contributed by atoms with Gasteiger partial charge in [-0.1, -0.05) is 17.7 Å². The number of fused-ring (bicyclic) bond motifs is 1. The summed E-state index contributed by atoms with van der Waals surface area (Å²) in [5.74, 6) is -3.53. The van der Waals surface area contributed by atoms with Crippen molar-refractivity contribution in [1.82, 2.24) is 24.8 Å². The molecule has 0 radical (unpaired) electrons. The second-order valence-corrected chi connectivity index (χ2v) is 13.9. The van der Waals surface area contributed by atoms with E-state index in [1.54, 1.807) is 38.4 Å². The Bertz CT molecular complexity index is 1690. The van der Waals surface area contributed by atoms with Gasteiger partial charge in [-0.2, -0.15) is 0 Å². The molecule has 2 aromatic heterocycles. The quantitative estimate of drug-likeness (QED) is 0.255. The van der Waals surface area contributed by atoms with Gasteiger partial charge in [0.2, 0.25) is 11.8 Å². The molecular weight excluding hydrogens is 642 g/mol. The van der Waals surface area contributed by atoms with Gasteiger partial charge in [0, 0.05) is 74.5 Å².